The first-order chi connectivity index (χ1) is 13.1. The van der Waals surface area contributed by atoms with E-state index in [-0.39, 0.29) is 0 Å². The topological polar surface area (TPSA) is 47.0 Å². The number of amides is 1. The van der Waals surface area contributed by atoms with Crippen LogP contribution in [0.3, 0.4) is 0 Å². The largest absolute Gasteiger partial charge is 0.465 e. The minimum Gasteiger partial charge on any atom is -0.465 e. The standard InChI is InChI=1S/C22H33N3O2/c1-23(22(26)27)16-17-6-5-7-19-18(17)8-9-21-20(19)10-13-25(21)15-14-24-11-3-2-4-12-24/h5-7,20-21H,2-4,8-16H2,1H3,(H,26,27)/t20-,21+/m1/s1. The van der Waals surface area contributed by atoms with Crippen molar-refractivity contribution in [2.24, 2.45) is 0 Å². The molecule has 1 amide bonds. The maximum absolute atomic E-state index is 11.2. The van der Waals surface area contributed by atoms with E-state index in [4.69, 9.17) is 0 Å². The summed E-state index contributed by atoms with van der Waals surface area (Å²) in [6.07, 6.45) is 6.83. The molecule has 1 aromatic carbocycles. The molecule has 1 N–H and O–H groups in total. The van der Waals surface area contributed by atoms with Gasteiger partial charge in [-0.25, -0.2) is 4.79 Å². The third kappa shape index (κ3) is 3.99. The number of fused-ring (bicyclic) bond motifs is 3. The molecule has 4 rings (SSSR count). The Kier molecular flexibility index (Phi) is 5.69. The van der Waals surface area contributed by atoms with Crippen LogP contribution in [0.25, 0.3) is 0 Å². The molecule has 5 heteroatoms. The number of piperidine rings is 1. The molecular formula is C22H33N3O2. The lowest BCUT2D eigenvalue weighted by molar-refractivity contribution is 0.153. The Bertz CT molecular complexity index is 672. The third-order valence-electron chi connectivity index (χ3n) is 6.95. The molecule has 0 unspecified atom stereocenters. The summed E-state index contributed by atoms with van der Waals surface area (Å²) in [6.45, 7) is 6.70. The first-order valence-electron chi connectivity index (χ1n) is 10.6. The van der Waals surface area contributed by atoms with Gasteiger partial charge in [-0.2, -0.15) is 0 Å². The number of rotatable bonds is 5. The molecule has 2 atom stereocenters. The Morgan fingerprint density at radius 3 is 2.74 bits per heavy atom. The SMILES string of the molecule is CN(Cc1cccc2c1CC[C@H]1[C@@H]2CCN1CCN1CCCCC1)C(=O)O. The summed E-state index contributed by atoms with van der Waals surface area (Å²) in [7, 11) is 1.66. The maximum atomic E-state index is 11.2. The third-order valence-corrected chi connectivity index (χ3v) is 6.95. The fourth-order valence-electron chi connectivity index (χ4n) is 5.46. The van der Waals surface area contributed by atoms with Crippen molar-refractivity contribution in [1.82, 2.24) is 14.7 Å². The lowest BCUT2D eigenvalue weighted by Crippen LogP contribution is -2.41. The second kappa shape index (κ2) is 8.19. The lowest BCUT2D eigenvalue weighted by atomic mass is 9.78. The molecule has 2 saturated heterocycles. The molecule has 0 spiro atoms. The van der Waals surface area contributed by atoms with Crippen LogP contribution < -0.4 is 0 Å². The molecule has 2 heterocycles. The highest BCUT2D eigenvalue weighted by Crippen LogP contribution is 2.42. The fraction of sp³-hybridized carbons (Fsp3) is 0.682. The second-order valence-corrected chi connectivity index (χ2v) is 8.56. The Hall–Kier alpha value is -1.59. The van der Waals surface area contributed by atoms with Gasteiger partial charge in [0.1, 0.15) is 0 Å². The van der Waals surface area contributed by atoms with Crippen molar-refractivity contribution in [3.63, 3.8) is 0 Å². The van der Waals surface area contributed by atoms with Crippen LogP contribution in [-0.4, -0.2) is 71.7 Å². The van der Waals surface area contributed by atoms with Crippen LogP contribution in [0.1, 0.15) is 54.7 Å². The molecule has 0 bridgehead atoms. The van der Waals surface area contributed by atoms with Gasteiger partial charge >= 0.3 is 6.09 Å². The predicted molar refractivity (Wildman–Crippen MR) is 107 cm³/mol. The van der Waals surface area contributed by atoms with Gasteiger partial charge in [0.15, 0.2) is 0 Å². The Balaban J connectivity index is 1.43. The van der Waals surface area contributed by atoms with E-state index in [1.807, 2.05) is 0 Å². The van der Waals surface area contributed by atoms with Crippen molar-refractivity contribution >= 4 is 6.09 Å². The summed E-state index contributed by atoms with van der Waals surface area (Å²) in [4.78, 5) is 18.0. The number of hydrogen-bond acceptors (Lipinski definition) is 3. The average molecular weight is 372 g/mol. The van der Waals surface area contributed by atoms with Crippen molar-refractivity contribution in [3.05, 3.63) is 34.9 Å². The van der Waals surface area contributed by atoms with Crippen LogP contribution in [0, 0.1) is 0 Å². The average Bonchev–Trinajstić information content (AvgIpc) is 3.11. The van der Waals surface area contributed by atoms with E-state index in [9.17, 15) is 9.90 Å². The summed E-state index contributed by atoms with van der Waals surface area (Å²) in [6, 6.07) is 7.21. The van der Waals surface area contributed by atoms with Crippen LogP contribution in [0.15, 0.2) is 18.2 Å². The molecular weight excluding hydrogens is 338 g/mol. The van der Waals surface area contributed by atoms with E-state index < -0.39 is 6.09 Å². The van der Waals surface area contributed by atoms with E-state index in [2.05, 4.69) is 28.0 Å². The molecule has 2 fully saturated rings. The van der Waals surface area contributed by atoms with E-state index in [0.717, 1.165) is 6.42 Å². The van der Waals surface area contributed by atoms with Crippen molar-refractivity contribution in [1.29, 1.82) is 0 Å². The van der Waals surface area contributed by atoms with Crippen molar-refractivity contribution < 1.29 is 9.90 Å². The van der Waals surface area contributed by atoms with Crippen LogP contribution in [0.5, 0.6) is 0 Å². The van der Waals surface area contributed by atoms with Gasteiger partial charge in [0, 0.05) is 38.6 Å². The number of likely N-dealkylation sites (tertiary alicyclic amines) is 2. The van der Waals surface area contributed by atoms with Gasteiger partial charge in [-0.15, -0.1) is 0 Å². The molecule has 1 aliphatic carbocycles. The fourth-order valence-corrected chi connectivity index (χ4v) is 5.46. The number of hydrogen-bond donors (Lipinski definition) is 1. The van der Waals surface area contributed by atoms with Gasteiger partial charge < -0.3 is 14.9 Å². The first-order valence-corrected chi connectivity index (χ1v) is 10.6. The zero-order chi connectivity index (χ0) is 18.8. The van der Waals surface area contributed by atoms with Crippen LogP contribution in [-0.2, 0) is 13.0 Å². The number of nitrogens with zero attached hydrogens (tertiary/aromatic N) is 3. The monoisotopic (exact) mass is 371 g/mol. The number of carboxylic acid groups (broad SMARTS) is 1. The molecule has 5 nitrogen and oxygen atoms in total. The summed E-state index contributed by atoms with van der Waals surface area (Å²) in [5.74, 6) is 0.630. The minimum atomic E-state index is -0.856. The molecule has 2 aliphatic heterocycles. The van der Waals surface area contributed by atoms with Gasteiger partial charge in [-0.3, -0.25) is 4.90 Å². The highest BCUT2D eigenvalue weighted by atomic mass is 16.4. The van der Waals surface area contributed by atoms with E-state index in [1.54, 1.807) is 7.05 Å². The van der Waals surface area contributed by atoms with Crippen LogP contribution >= 0.6 is 0 Å². The molecule has 0 aromatic heterocycles. The van der Waals surface area contributed by atoms with Crippen molar-refractivity contribution in [2.75, 3.05) is 39.8 Å². The summed E-state index contributed by atoms with van der Waals surface area (Å²) in [5.41, 5.74) is 4.11. The lowest BCUT2D eigenvalue weighted by Gasteiger charge is -2.36. The molecule has 0 radical (unpaired) electrons. The van der Waals surface area contributed by atoms with Crippen LogP contribution in [0.2, 0.25) is 0 Å². The van der Waals surface area contributed by atoms with Gasteiger partial charge in [-0.05, 0) is 68.4 Å². The van der Waals surface area contributed by atoms with E-state index >= 15 is 0 Å². The predicted octanol–water partition coefficient (Wildman–Crippen LogP) is 3.39. The normalized spacial score (nSPS) is 25.8. The summed E-state index contributed by atoms with van der Waals surface area (Å²) in [5, 5.41) is 9.21. The molecule has 0 saturated carbocycles. The van der Waals surface area contributed by atoms with Gasteiger partial charge in [0.05, 0.1) is 0 Å². The quantitative estimate of drug-likeness (QED) is 0.862. The summed E-state index contributed by atoms with van der Waals surface area (Å²) >= 11 is 0. The minimum absolute atomic E-state index is 0.495. The zero-order valence-corrected chi connectivity index (χ0v) is 16.6. The smallest absolute Gasteiger partial charge is 0.407 e. The van der Waals surface area contributed by atoms with Crippen molar-refractivity contribution in [3.8, 4) is 0 Å². The molecule has 1 aromatic rings. The van der Waals surface area contributed by atoms with E-state index in [0.29, 0.717) is 18.5 Å². The van der Waals surface area contributed by atoms with Crippen molar-refractivity contribution in [2.45, 2.75) is 57.0 Å². The second-order valence-electron chi connectivity index (χ2n) is 8.56. The summed E-state index contributed by atoms with van der Waals surface area (Å²) < 4.78 is 0. The number of carbonyl (C=O) groups is 1. The first kappa shape index (κ1) is 18.8. The number of benzene rings is 1. The highest BCUT2D eigenvalue weighted by molar-refractivity contribution is 5.64. The molecule has 148 valence electrons. The Morgan fingerprint density at radius 1 is 1.15 bits per heavy atom. The highest BCUT2D eigenvalue weighted by Gasteiger charge is 2.39. The van der Waals surface area contributed by atoms with Crippen LogP contribution in [0.4, 0.5) is 4.79 Å². The van der Waals surface area contributed by atoms with E-state index in [1.165, 1.54) is 86.4 Å². The molecule has 27 heavy (non-hydrogen) atoms. The maximum Gasteiger partial charge on any atom is 0.407 e. The van der Waals surface area contributed by atoms with Gasteiger partial charge in [-0.1, -0.05) is 24.6 Å². The van der Waals surface area contributed by atoms with Gasteiger partial charge in [0.25, 0.3) is 0 Å². The van der Waals surface area contributed by atoms with Gasteiger partial charge in [0.2, 0.25) is 0 Å². The Morgan fingerprint density at radius 2 is 1.96 bits per heavy atom. The zero-order valence-electron chi connectivity index (χ0n) is 16.6. The Labute approximate surface area is 162 Å². The molecule has 3 aliphatic rings.